The van der Waals surface area contributed by atoms with Gasteiger partial charge >= 0.3 is 5.97 Å². The van der Waals surface area contributed by atoms with Gasteiger partial charge in [-0.25, -0.2) is 13.2 Å². The lowest BCUT2D eigenvalue weighted by Crippen LogP contribution is -2.24. The lowest BCUT2D eigenvalue weighted by Gasteiger charge is -2.09. The zero-order valence-corrected chi connectivity index (χ0v) is 15.0. The lowest BCUT2D eigenvalue weighted by molar-refractivity contribution is -0.135. The Hall–Kier alpha value is -2.19. The molecule has 0 saturated heterocycles. The van der Waals surface area contributed by atoms with Crippen molar-refractivity contribution in [3.8, 4) is 5.75 Å². The Morgan fingerprint density at radius 2 is 1.33 bits per heavy atom. The van der Waals surface area contributed by atoms with Gasteiger partial charge in [-0.1, -0.05) is 32.6 Å². The van der Waals surface area contributed by atoms with E-state index in [-0.39, 0.29) is 18.7 Å². The second-order valence-electron chi connectivity index (χ2n) is 5.99. The monoisotopic (exact) mass is 395 g/mol. The number of rotatable bonds is 11. The molecule has 0 unspecified atom stereocenters. The molecule has 0 radical (unpaired) electrons. The Labute approximate surface area is 154 Å². The summed E-state index contributed by atoms with van der Waals surface area (Å²) in [6.07, 6.45) is 4.76. The van der Waals surface area contributed by atoms with Gasteiger partial charge in [0, 0.05) is 19.4 Å². The number of unbranched alkanes of at least 4 members (excludes halogenated alkanes) is 4. The molecule has 0 saturated carbocycles. The molecule has 1 aromatic carbocycles. The molecule has 0 aliphatic rings. The fourth-order valence-corrected chi connectivity index (χ4v) is 2.28. The van der Waals surface area contributed by atoms with Gasteiger partial charge in [0.1, 0.15) is 0 Å². The second kappa shape index (κ2) is 11.5. The molecule has 9 heteroatoms. The summed E-state index contributed by atoms with van der Waals surface area (Å²) in [5, 5.41) is 2.67. The highest BCUT2D eigenvalue weighted by molar-refractivity contribution is 5.77. The Balaban J connectivity index is 2.37. The molecule has 1 N–H and O–H groups in total. The van der Waals surface area contributed by atoms with Gasteiger partial charge in [-0.3, -0.25) is 9.59 Å². The normalized spacial score (nSPS) is 10.7. The van der Waals surface area contributed by atoms with E-state index in [4.69, 9.17) is 0 Å². The first-order chi connectivity index (χ1) is 12.8. The summed E-state index contributed by atoms with van der Waals surface area (Å²) in [5.41, 5.74) is 0. The highest BCUT2D eigenvalue weighted by atomic mass is 19.2. The highest BCUT2D eigenvalue weighted by Crippen LogP contribution is 2.29. The number of ether oxygens (including phenoxy) is 1. The van der Waals surface area contributed by atoms with E-state index in [1.807, 2.05) is 0 Å². The molecule has 152 valence electrons. The fraction of sp³-hybridized carbons (Fsp3) is 0.556. The third-order valence-electron chi connectivity index (χ3n) is 3.77. The van der Waals surface area contributed by atoms with E-state index in [0.29, 0.717) is 6.54 Å². The molecule has 0 fully saturated rings. The maximum absolute atomic E-state index is 13.4. The molecular formula is C18H22F5NO3. The van der Waals surface area contributed by atoms with Gasteiger partial charge in [0.2, 0.25) is 40.7 Å². The van der Waals surface area contributed by atoms with Crippen LogP contribution in [0.1, 0.15) is 58.3 Å². The average molecular weight is 395 g/mol. The summed E-state index contributed by atoms with van der Waals surface area (Å²) in [5.74, 6) is -14.3. The standard InChI is InChI=1S/C18H22F5NO3/c1-2-3-4-5-6-10-24-11(25)8-7-9-12(26)27-18-16(22)14(20)13(19)15(21)17(18)23/h2-10H2,1H3,(H,24,25). The van der Waals surface area contributed by atoms with Crippen LogP contribution >= 0.6 is 0 Å². The van der Waals surface area contributed by atoms with Crippen LogP contribution in [-0.2, 0) is 9.59 Å². The Bertz CT molecular complexity index is 638. The van der Waals surface area contributed by atoms with Crippen LogP contribution in [0.3, 0.4) is 0 Å². The first-order valence-electron chi connectivity index (χ1n) is 8.78. The van der Waals surface area contributed by atoms with Crippen LogP contribution in [0, 0.1) is 29.1 Å². The van der Waals surface area contributed by atoms with E-state index in [0.717, 1.165) is 32.1 Å². The van der Waals surface area contributed by atoms with E-state index < -0.39 is 47.2 Å². The average Bonchev–Trinajstić information content (AvgIpc) is 2.64. The summed E-state index contributed by atoms with van der Waals surface area (Å²) >= 11 is 0. The zero-order valence-electron chi connectivity index (χ0n) is 15.0. The van der Waals surface area contributed by atoms with Crippen LogP contribution in [0.5, 0.6) is 5.75 Å². The van der Waals surface area contributed by atoms with Crippen LogP contribution in [0.25, 0.3) is 0 Å². The minimum Gasteiger partial charge on any atom is -0.420 e. The quantitative estimate of drug-likeness (QED) is 0.149. The van der Waals surface area contributed by atoms with Crippen LogP contribution in [0.2, 0.25) is 0 Å². The minimum absolute atomic E-state index is 0.00982. The number of benzene rings is 1. The molecule has 0 spiro atoms. The number of halogens is 5. The van der Waals surface area contributed by atoms with Crippen LogP contribution < -0.4 is 10.1 Å². The van der Waals surface area contributed by atoms with Crippen molar-refractivity contribution in [2.45, 2.75) is 58.3 Å². The maximum atomic E-state index is 13.4. The van der Waals surface area contributed by atoms with E-state index in [9.17, 15) is 31.5 Å². The molecule has 1 amide bonds. The predicted octanol–water partition coefficient (Wildman–Crippen LogP) is 4.54. The number of hydrogen-bond donors (Lipinski definition) is 1. The highest BCUT2D eigenvalue weighted by Gasteiger charge is 2.28. The summed E-state index contributed by atoms with van der Waals surface area (Å²) in [6.45, 7) is 2.61. The topological polar surface area (TPSA) is 55.4 Å². The van der Waals surface area contributed by atoms with Gasteiger partial charge in [-0.2, -0.15) is 8.78 Å². The first kappa shape index (κ1) is 22.9. The fourth-order valence-electron chi connectivity index (χ4n) is 2.28. The Morgan fingerprint density at radius 1 is 0.778 bits per heavy atom. The van der Waals surface area contributed by atoms with Crippen molar-refractivity contribution in [2.24, 2.45) is 0 Å². The number of carbonyl (C=O) groups is 2. The number of amides is 1. The molecule has 0 atom stereocenters. The number of esters is 1. The van der Waals surface area contributed by atoms with Gasteiger partial charge in [0.05, 0.1) is 0 Å². The molecule has 0 aliphatic carbocycles. The van der Waals surface area contributed by atoms with Crippen LogP contribution in [0.15, 0.2) is 0 Å². The molecule has 27 heavy (non-hydrogen) atoms. The van der Waals surface area contributed by atoms with E-state index in [1.165, 1.54) is 0 Å². The van der Waals surface area contributed by atoms with Crippen molar-refractivity contribution in [2.75, 3.05) is 6.54 Å². The van der Waals surface area contributed by atoms with Gasteiger partial charge in [0.15, 0.2) is 0 Å². The van der Waals surface area contributed by atoms with Gasteiger partial charge in [-0.05, 0) is 12.8 Å². The third kappa shape index (κ3) is 7.15. The SMILES string of the molecule is CCCCCCCNC(=O)CCCC(=O)Oc1c(F)c(F)c(F)c(F)c1F. The Kier molecular flexibility index (Phi) is 9.74. The van der Waals surface area contributed by atoms with Crippen molar-refractivity contribution >= 4 is 11.9 Å². The van der Waals surface area contributed by atoms with E-state index in [1.54, 1.807) is 0 Å². The molecule has 0 heterocycles. The lowest BCUT2D eigenvalue weighted by atomic mass is 10.1. The number of hydrogen-bond acceptors (Lipinski definition) is 3. The third-order valence-corrected chi connectivity index (χ3v) is 3.77. The zero-order chi connectivity index (χ0) is 20.4. The molecular weight excluding hydrogens is 373 g/mol. The molecule has 0 aliphatic heterocycles. The summed E-state index contributed by atoms with van der Waals surface area (Å²) < 4.78 is 70.0. The van der Waals surface area contributed by atoms with E-state index >= 15 is 0 Å². The predicted molar refractivity (Wildman–Crippen MR) is 87.5 cm³/mol. The van der Waals surface area contributed by atoms with Crippen molar-refractivity contribution in [3.05, 3.63) is 29.1 Å². The maximum Gasteiger partial charge on any atom is 0.311 e. The summed E-state index contributed by atoms with van der Waals surface area (Å²) in [4.78, 5) is 23.1. The molecule has 1 rings (SSSR count). The molecule has 0 aromatic heterocycles. The first-order valence-corrected chi connectivity index (χ1v) is 8.78. The number of nitrogens with one attached hydrogen (secondary N) is 1. The smallest absolute Gasteiger partial charge is 0.311 e. The van der Waals surface area contributed by atoms with Crippen molar-refractivity contribution in [3.63, 3.8) is 0 Å². The van der Waals surface area contributed by atoms with Crippen molar-refractivity contribution in [1.82, 2.24) is 5.32 Å². The van der Waals surface area contributed by atoms with Gasteiger partial charge < -0.3 is 10.1 Å². The van der Waals surface area contributed by atoms with Crippen molar-refractivity contribution in [1.29, 1.82) is 0 Å². The summed E-state index contributed by atoms with van der Waals surface area (Å²) in [7, 11) is 0. The Morgan fingerprint density at radius 3 is 1.93 bits per heavy atom. The largest absolute Gasteiger partial charge is 0.420 e. The van der Waals surface area contributed by atoms with Crippen LogP contribution in [0.4, 0.5) is 22.0 Å². The minimum atomic E-state index is -2.34. The summed E-state index contributed by atoms with van der Waals surface area (Å²) in [6, 6.07) is 0. The van der Waals surface area contributed by atoms with Crippen LogP contribution in [-0.4, -0.2) is 18.4 Å². The second-order valence-corrected chi connectivity index (χ2v) is 5.99. The molecule has 4 nitrogen and oxygen atoms in total. The van der Waals surface area contributed by atoms with Gasteiger partial charge in [-0.15, -0.1) is 0 Å². The number of carbonyl (C=O) groups excluding carboxylic acids is 2. The molecule has 1 aromatic rings. The van der Waals surface area contributed by atoms with Gasteiger partial charge in [0.25, 0.3) is 0 Å². The molecule has 0 bridgehead atoms. The van der Waals surface area contributed by atoms with E-state index in [2.05, 4.69) is 17.0 Å². The van der Waals surface area contributed by atoms with Crippen molar-refractivity contribution < 1.29 is 36.3 Å².